The highest BCUT2D eigenvalue weighted by Crippen LogP contribution is 2.30. The monoisotopic (exact) mass is 447 g/mol. The standard InChI is InChI=1S/C16H18INO4S/c1-23(20,21)18-14-9-13(15(19)10-17)7-8-16(14)22-11-12-5-3-2-4-6-12/h2-9,15,18-19H,10-11H2,1H3/t15-/m0/s1. The molecule has 2 rings (SSSR count). The first-order chi connectivity index (χ1) is 10.9. The van der Waals surface area contributed by atoms with E-state index in [2.05, 4.69) is 27.3 Å². The molecule has 0 heterocycles. The van der Waals surface area contributed by atoms with Gasteiger partial charge in [-0.05, 0) is 23.3 Å². The number of hydrogen-bond acceptors (Lipinski definition) is 4. The van der Waals surface area contributed by atoms with Crippen LogP contribution in [0.5, 0.6) is 5.75 Å². The van der Waals surface area contributed by atoms with Gasteiger partial charge in [0.25, 0.3) is 0 Å². The van der Waals surface area contributed by atoms with Crippen LogP contribution in [0.3, 0.4) is 0 Å². The van der Waals surface area contributed by atoms with Crippen LogP contribution in [0.1, 0.15) is 17.2 Å². The molecule has 0 saturated heterocycles. The first-order valence-electron chi connectivity index (χ1n) is 6.91. The number of sulfonamides is 1. The molecule has 0 spiro atoms. The van der Waals surface area contributed by atoms with Crippen molar-refractivity contribution in [2.45, 2.75) is 12.7 Å². The third kappa shape index (κ3) is 5.67. The summed E-state index contributed by atoms with van der Waals surface area (Å²) in [6.45, 7) is 0.327. The second-order valence-corrected chi connectivity index (χ2v) is 7.70. The Hall–Kier alpha value is -1.32. The van der Waals surface area contributed by atoms with Crippen molar-refractivity contribution >= 4 is 38.3 Å². The van der Waals surface area contributed by atoms with Gasteiger partial charge in [0.05, 0.1) is 18.0 Å². The molecule has 1 atom stereocenters. The molecule has 23 heavy (non-hydrogen) atoms. The summed E-state index contributed by atoms with van der Waals surface area (Å²) in [7, 11) is -3.45. The maximum absolute atomic E-state index is 11.5. The van der Waals surface area contributed by atoms with Crippen LogP contribution >= 0.6 is 22.6 Å². The van der Waals surface area contributed by atoms with Gasteiger partial charge in [-0.25, -0.2) is 8.42 Å². The number of halogens is 1. The van der Waals surface area contributed by atoms with Crippen LogP contribution in [0.15, 0.2) is 48.5 Å². The van der Waals surface area contributed by atoms with Gasteiger partial charge in [-0.3, -0.25) is 4.72 Å². The average molecular weight is 447 g/mol. The number of aliphatic hydroxyl groups is 1. The molecule has 7 heteroatoms. The molecule has 0 aliphatic rings. The fourth-order valence-electron chi connectivity index (χ4n) is 1.98. The summed E-state index contributed by atoms with van der Waals surface area (Å²) in [5.74, 6) is 0.420. The van der Waals surface area contributed by atoms with Gasteiger partial charge in [0.2, 0.25) is 10.0 Å². The van der Waals surface area contributed by atoms with E-state index in [0.29, 0.717) is 28.0 Å². The second kappa shape index (κ2) is 7.98. The Morgan fingerprint density at radius 1 is 1.22 bits per heavy atom. The molecule has 124 valence electrons. The summed E-state index contributed by atoms with van der Waals surface area (Å²) in [4.78, 5) is 0. The molecule has 0 aliphatic carbocycles. The van der Waals surface area contributed by atoms with E-state index >= 15 is 0 Å². The Balaban J connectivity index is 2.26. The third-order valence-corrected chi connectivity index (χ3v) is 4.49. The van der Waals surface area contributed by atoms with Crippen LogP contribution in [-0.4, -0.2) is 24.2 Å². The molecular formula is C16H18INO4S. The van der Waals surface area contributed by atoms with Gasteiger partial charge >= 0.3 is 0 Å². The van der Waals surface area contributed by atoms with E-state index in [1.165, 1.54) is 0 Å². The maximum Gasteiger partial charge on any atom is 0.229 e. The lowest BCUT2D eigenvalue weighted by molar-refractivity contribution is 0.207. The molecule has 0 aliphatic heterocycles. The van der Waals surface area contributed by atoms with E-state index in [9.17, 15) is 13.5 Å². The minimum atomic E-state index is -3.45. The zero-order valence-corrected chi connectivity index (χ0v) is 15.5. The fourth-order valence-corrected chi connectivity index (χ4v) is 3.05. The van der Waals surface area contributed by atoms with E-state index in [4.69, 9.17) is 4.74 Å². The summed E-state index contributed by atoms with van der Waals surface area (Å²) in [6.07, 6.45) is 0.425. The zero-order valence-electron chi connectivity index (χ0n) is 12.6. The first kappa shape index (κ1) is 18.0. The number of anilines is 1. The van der Waals surface area contributed by atoms with Gasteiger partial charge in [0.1, 0.15) is 12.4 Å². The molecule has 0 bridgehead atoms. The number of nitrogens with one attached hydrogen (secondary N) is 1. The number of benzene rings is 2. The predicted molar refractivity (Wildman–Crippen MR) is 99.5 cm³/mol. The number of aliphatic hydroxyl groups excluding tert-OH is 1. The molecule has 5 nitrogen and oxygen atoms in total. The van der Waals surface area contributed by atoms with Gasteiger partial charge in [0, 0.05) is 4.43 Å². The maximum atomic E-state index is 11.5. The Bertz CT molecular complexity index is 750. The van der Waals surface area contributed by atoms with E-state index in [-0.39, 0.29) is 0 Å². The highest BCUT2D eigenvalue weighted by atomic mass is 127. The summed E-state index contributed by atoms with van der Waals surface area (Å²) in [5.41, 5.74) is 1.94. The number of hydrogen-bond donors (Lipinski definition) is 2. The quantitative estimate of drug-likeness (QED) is 0.506. The molecule has 0 aromatic heterocycles. The van der Waals surface area contributed by atoms with Gasteiger partial charge in [0.15, 0.2) is 0 Å². The van der Waals surface area contributed by atoms with Crippen molar-refractivity contribution in [3.05, 3.63) is 59.7 Å². The SMILES string of the molecule is CS(=O)(=O)Nc1cc([C@@H](O)CI)ccc1OCc1ccccc1. The van der Waals surface area contributed by atoms with Crippen LogP contribution in [0, 0.1) is 0 Å². The molecule has 2 N–H and O–H groups in total. The predicted octanol–water partition coefficient (Wildman–Crippen LogP) is 3.11. The van der Waals surface area contributed by atoms with Gasteiger partial charge in [-0.15, -0.1) is 0 Å². The van der Waals surface area contributed by atoms with Gasteiger partial charge in [-0.2, -0.15) is 0 Å². The number of ether oxygens (including phenoxy) is 1. The summed E-state index contributed by atoms with van der Waals surface area (Å²) in [6, 6.07) is 14.6. The topological polar surface area (TPSA) is 75.6 Å². The fraction of sp³-hybridized carbons (Fsp3) is 0.250. The lowest BCUT2D eigenvalue weighted by atomic mass is 10.1. The van der Waals surface area contributed by atoms with Crippen molar-refractivity contribution < 1.29 is 18.3 Å². The van der Waals surface area contributed by atoms with E-state index < -0.39 is 16.1 Å². The third-order valence-electron chi connectivity index (χ3n) is 3.07. The molecule has 0 radical (unpaired) electrons. The molecule has 0 saturated carbocycles. The molecule has 0 amide bonds. The average Bonchev–Trinajstić information content (AvgIpc) is 2.52. The smallest absolute Gasteiger partial charge is 0.229 e. The van der Waals surface area contributed by atoms with Crippen molar-refractivity contribution in [2.24, 2.45) is 0 Å². The minimum absolute atomic E-state index is 0.324. The second-order valence-electron chi connectivity index (χ2n) is 5.07. The Morgan fingerprint density at radius 2 is 1.91 bits per heavy atom. The van der Waals surface area contributed by atoms with E-state index in [1.807, 2.05) is 30.3 Å². The molecule has 2 aromatic carbocycles. The summed E-state index contributed by atoms with van der Waals surface area (Å²) in [5, 5.41) is 9.93. The Labute approximate surface area is 149 Å². The minimum Gasteiger partial charge on any atom is -0.487 e. The lowest BCUT2D eigenvalue weighted by Gasteiger charge is -2.15. The normalized spacial score (nSPS) is 12.7. The molecule has 0 unspecified atom stereocenters. The number of rotatable bonds is 7. The van der Waals surface area contributed by atoms with Crippen LogP contribution in [0.25, 0.3) is 0 Å². The van der Waals surface area contributed by atoms with Gasteiger partial charge in [-0.1, -0.05) is 59.0 Å². The highest BCUT2D eigenvalue weighted by molar-refractivity contribution is 14.1. The van der Waals surface area contributed by atoms with E-state index in [1.54, 1.807) is 18.2 Å². The van der Waals surface area contributed by atoms with Crippen molar-refractivity contribution in [3.63, 3.8) is 0 Å². The van der Waals surface area contributed by atoms with Crippen molar-refractivity contribution in [1.29, 1.82) is 0 Å². The van der Waals surface area contributed by atoms with E-state index in [0.717, 1.165) is 11.8 Å². The molecular weight excluding hydrogens is 429 g/mol. The molecule has 0 fully saturated rings. The highest BCUT2D eigenvalue weighted by Gasteiger charge is 2.13. The largest absolute Gasteiger partial charge is 0.487 e. The van der Waals surface area contributed by atoms with Crippen molar-refractivity contribution in [2.75, 3.05) is 15.4 Å². The van der Waals surface area contributed by atoms with Crippen LogP contribution < -0.4 is 9.46 Å². The van der Waals surface area contributed by atoms with Crippen molar-refractivity contribution in [1.82, 2.24) is 0 Å². The van der Waals surface area contributed by atoms with Crippen LogP contribution in [0.2, 0.25) is 0 Å². The van der Waals surface area contributed by atoms with Crippen LogP contribution in [0.4, 0.5) is 5.69 Å². The van der Waals surface area contributed by atoms with Gasteiger partial charge < -0.3 is 9.84 Å². The van der Waals surface area contributed by atoms with Crippen LogP contribution in [-0.2, 0) is 16.6 Å². The Kier molecular flexibility index (Phi) is 6.25. The Morgan fingerprint density at radius 3 is 2.52 bits per heavy atom. The summed E-state index contributed by atoms with van der Waals surface area (Å²) >= 11 is 2.07. The zero-order chi connectivity index (χ0) is 16.9. The van der Waals surface area contributed by atoms with Crippen molar-refractivity contribution in [3.8, 4) is 5.75 Å². The first-order valence-corrected chi connectivity index (χ1v) is 10.3. The lowest BCUT2D eigenvalue weighted by Crippen LogP contribution is -2.12. The summed E-state index contributed by atoms with van der Waals surface area (Å²) < 4.78 is 31.8. The number of alkyl halides is 1. The molecule has 2 aromatic rings.